The molecule has 0 bridgehead atoms. The predicted octanol–water partition coefficient (Wildman–Crippen LogP) is 4.23. The first-order valence-corrected chi connectivity index (χ1v) is 8.81. The van der Waals surface area contributed by atoms with E-state index in [-0.39, 0.29) is 5.69 Å². The number of hydrogen-bond donors (Lipinski definition) is 1. The zero-order chi connectivity index (χ0) is 16.7. The highest BCUT2D eigenvalue weighted by atomic mass is 35.5. The summed E-state index contributed by atoms with van der Waals surface area (Å²) in [4.78, 5) is 16.0. The maximum absolute atomic E-state index is 11.7. The molecule has 1 heterocycles. The largest absolute Gasteiger partial charge is 0.461 e. The number of fused-ring (bicyclic) bond motifs is 2. The Hall–Kier alpha value is -2.01. The Morgan fingerprint density at radius 2 is 1.83 bits per heavy atom. The predicted molar refractivity (Wildman–Crippen MR) is 91.2 cm³/mol. The second-order valence-electron chi connectivity index (χ2n) is 6.19. The Kier molecular flexibility index (Phi) is 3.96. The van der Waals surface area contributed by atoms with Crippen LogP contribution in [0.2, 0.25) is 5.02 Å². The SMILES string of the molecule is CCOC(=O)c1coc(Nc2c3c(c(Cl)c4c2CCC4)CCC3)n1. The molecule has 0 spiro atoms. The number of oxazole rings is 1. The van der Waals surface area contributed by atoms with Crippen LogP contribution in [-0.2, 0) is 30.4 Å². The normalized spacial score (nSPS) is 15.2. The van der Waals surface area contributed by atoms with Gasteiger partial charge in [0.1, 0.15) is 6.26 Å². The molecule has 2 aliphatic rings. The number of hydrogen-bond acceptors (Lipinski definition) is 5. The molecule has 1 aromatic carbocycles. The van der Waals surface area contributed by atoms with Crippen LogP contribution in [0.3, 0.4) is 0 Å². The highest BCUT2D eigenvalue weighted by molar-refractivity contribution is 6.32. The second kappa shape index (κ2) is 6.13. The minimum absolute atomic E-state index is 0.182. The summed E-state index contributed by atoms with van der Waals surface area (Å²) in [5.41, 5.74) is 6.33. The van der Waals surface area contributed by atoms with E-state index in [1.165, 1.54) is 28.5 Å². The van der Waals surface area contributed by atoms with E-state index in [1.807, 2.05) is 0 Å². The number of carbonyl (C=O) groups excluding carboxylic acids is 1. The maximum atomic E-state index is 11.7. The first-order valence-electron chi connectivity index (χ1n) is 8.43. The molecule has 0 atom stereocenters. The molecule has 126 valence electrons. The van der Waals surface area contributed by atoms with Crippen molar-refractivity contribution in [2.75, 3.05) is 11.9 Å². The van der Waals surface area contributed by atoms with Gasteiger partial charge in [-0.2, -0.15) is 4.98 Å². The van der Waals surface area contributed by atoms with E-state index in [0.29, 0.717) is 12.6 Å². The van der Waals surface area contributed by atoms with Crippen molar-refractivity contribution < 1.29 is 13.9 Å². The number of rotatable bonds is 4. The third-order valence-electron chi connectivity index (χ3n) is 4.79. The van der Waals surface area contributed by atoms with Crippen LogP contribution in [0.4, 0.5) is 11.7 Å². The first-order chi connectivity index (χ1) is 11.7. The zero-order valence-electron chi connectivity index (χ0n) is 13.6. The fourth-order valence-electron chi connectivity index (χ4n) is 3.78. The quantitative estimate of drug-likeness (QED) is 0.839. The van der Waals surface area contributed by atoms with Gasteiger partial charge in [0, 0.05) is 10.7 Å². The molecular formula is C18H19ClN2O3. The molecule has 0 fully saturated rings. The van der Waals surface area contributed by atoms with E-state index in [4.69, 9.17) is 20.8 Å². The average Bonchev–Trinajstić information content (AvgIpc) is 3.30. The van der Waals surface area contributed by atoms with Gasteiger partial charge in [0.15, 0.2) is 5.69 Å². The van der Waals surface area contributed by atoms with Gasteiger partial charge in [0.05, 0.1) is 6.61 Å². The van der Waals surface area contributed by atoms with Crippen LogP contribution in [0.25, 0.3) is 0 Å². The summed E-state index contributed by atoms with van der Waals surface area (Å²) in [6.45, 7) is 2.07. The second-order valence-corrected chi connectivity index (χ2v) is 6.57. The topological polar surface area (TPSA) is 64.4 Å². The molecule has 6 heteroatoms. The van der Waals surface area contributed by atoms with Crippen molar-refractivity contribution in [3.05, 3.63) is 39.2 Å². The molecule has 0 saturated carbocycles. The Morgan fingerprint density at radius 1 is 1.21 bits per heavy atom. The summed E-state index contributed by atoms with van der Waals surface area (Å²) in [6, 6.07) is 0.323. The average molecular weight is 347 g/mol. The fraction of sp³-hybridized carbons (Fsp3) is 0.444. The van der Waals surface area contributed by atoms with E-state index in [1.54, 1.807) is 6.92 Å². The van der Waals surface area contributed by atoms with Gasteiger partial charge in [-0.3, -0.25) is 0 Å². The van der Waals surface area contributed by atoms with E-state index >= 15 is 0 Å². The van der Waals surface area contributed by atoms with Crippen LogP contribution in [0.1, 0.15) is 52.5 Å². The van der Waals surface area contributed by atoms with Gasteiger partial charge < -0.3 is 14.5 Å². The maximum Gasteiger partial charge on any atom is 0.360 e. The summed E-state index contributed by atoms with van der Waals surface area (Å²) in [5, 5.41) is 4.26. The van der Waals surface area contributed by atoms with Crippen LogP contribution in [0.15, 0.2) is 10.7 Å². The van der Waals surface area contributed by atoms with Crippen LogP contribution in [0, 0.1) is 0 Å². The third-order valence-corrected chi connectivity index (χ3v) is 5.25. The summed E-state index contributed by atoms with van der Waals surface area (Å²) >= 11 is 6.63. The van der Waals surface area contributed by atoms with Crippen LogP contribution < -0.4 is 5.32 Å². The van der Waals surface area contributed by atoms with Crippen molar-refractivity contribution in [3.63, 3.8) is 0 Å². The summed E-state index contributed by atoms with van der Waals surface area (Å²) < 4.78 is 10.4. The van der Waals surface area contributed by atoms with E-state index in [0.717, 1.165) is 49.2 Å². The molecule has 2 aliphatic carbocycles. The van der Waals surface area contributed by atoms with Crippen molar-refractivity contribution in [1.82, 2.24) is 4.98 Å². The number of esters is 1. The lowest BCUT2D eigenvalue weighted by molar-refractivity contribution is 0.0519. The highest BCUT2D eigenvalue weighted by Gasteiger charge is 2.28. The molecule has 5 nitrogen and oxygen atoms in total. The molecule has 24 heavy (non-hydrogen) atoms. The number of anilines is 2. The fourth-order valence-corrected chi connectivity index (χ4v) is 4.19. The van der Waals surface area contributed by atoms with Gasteiger partial charge in [-0.1, -0.05) is 11.6 Å². The molecular weight excluding hydrogens is 328 g/mol. The lowest BCUT2D eigenvalue weighted by Crippen LogP contribution is -2.06. The smallest absolute Gasteiger partial charge is 0.360 e. The van der Waals surface area contributed by atoms with Gasteiger partial charge in [0.25, 0.3) is 6.01 Å². The van der Waals surface area contributed by atoms with Gasteiger partial charge in [-0.15, -0.1) is 0 Å². The van der Waals surface area contributed by atoms with E-state index in [9.17, 15) is 4.79 Å². The summed E-state index contributed by atoms with van der Waals surface area (Å²) in [5.74, 6) is -0.471. The lowest BCUT2D eigenvalue weighted by atomic mass is 9.98. The number of ether oxygens (including phenoxy) is 1. The highest BCUT2D eigenvalue weighted by Crippen LogP contribution is 2.44. The molecule has 1 N–H and O–H groups in total. The van der Waals surface area contributed by atoms with E-state index in [2.05, 4.69) is 10.3 Å². The molecule has 2 aromatic rings. The Morgan fingerprint density at radius 3 is 2.46 bits per heavy atom. The van der Waals surface area contributed by atoms with Crippen molar-refractivity contribution in [2.45, 2.75) is 45.4 Å². The van der Waals surface area contributed by atoms with Gasteiger partial charge >= 0.3 is 5.97 Å². The van der Waals surface area contributed by atoms with Crippen LogP contribution >= 0.6 is 11.6 Å². The Bertz CT molecular complexity index is 778. The van der Waals surface area contributed by atoms with E-state index < -0.39 is 5.97 Å². The monoisotopic (exact) mass is 346 g/mol. The van der Waals surface area contributed by atoms with Crippen LogP contribution in [0.5, 0.6) is 0 Å². The zero-order valence-corrected chi connectivity index (χ0v) is 14.3. The number of benzene rings is 1. The molecule has 1 aromatic heterocycles. The molecule has 0 radical (unpaired) electrons. The number of carbonyl (C=O) groups is 1. The molecule has 0 amide bonds. The Labute approximate surface area is 145 Å². The number of nitrogens with one attached hydrogen (secondary N) is 1. The lowest BCUT2D eigenvalue weighted by Gasteiger charge is -2.17. The molecule has 4 rings (SSSR count). The van der Waals surface area contributed by atoms with Gasteiger partial charge in [-0.25, -0.2) is 4.79 Å². The van der Waals surface area contributed by atoms with Gasteiger partial charge in [-0.05, 0) is 67.7 Å². The minimum atomic E-state index is -0.471. The number of aromatic nitrogens is 1. The molecule has 0 aliphatic heterocycles. The summed E-state index contributed by atoms with van der Waals surface area (Å²) in [7, 11) is 0. The number of nitrogens with zero attached hydrogens (tertiary/aromatic N) is 1. The van der Waals surface area contributed by atoms with Crippen LogP contribution in [-0.4, -0.2) is 17.6 Å². The number of halogens is 1. The van der Waals surface area contributed by atoms with Crippen molar-refractivity contribution in [1.29, 1.82) is 0 Å². The van der Waals surface area contributed by atoms with Crippen molar-refractivity contribution >= 4 is 29.3 Å². The van der Waals surface area contributed by atoms with Crippen molar-refractivity contribution in [3.8, 4) is 0 Å². The van der Waals surface area contributed by atoms with Crippen molar-refractivity contribution in [2.24, 2.45) is 0 Å². The molecule has 0 unspecified atom stereocenters. The molecule has 0 saturated heterocycles. The first kappa shape index (κ1) is 15.5. The summed E-state index contributed by atoms with van der Waals surface area (Å²) in [6.07, 6.45) is 7.63. The Balaban J connectivity index is 1.70. The minimum Gasteiger partial charge on any atom is -0.461 e. The third kappa shape index (κ3) is 2.47. The standard InChI is InChI=1S/C18H19ClN2O3/c1-2-23-17(22)14-9-24-18(20-14)21-16-12-7-3-5-10(12)15(19)11-6-4-8-13(11)16/h9H,2-8H2,1H3,(H,20,21). The van der Waals surface area contributed by atoms with Gasteiger partial charge in [0.2, 0.25) is 0 Å².